The molecule has 3 heteroatoms. The molecule has 2 heterocycles. The molecule has 0 bridgehead atoms. The van der Waals surface area contributed by atoms with E-state index in [1.54, 1.807) is 0 Å². The molecule has 2 saturated heterocycles. The standard InChI is InChI=1S/C11H22N2O/c1-3-10-6-12-7-11(10)13-4-5-14-9(2)8-13/h9-12H,3-8H2,1-2H3. The Morgan fingerprint density at radius 3 is 3.00 bits per heavy atom. The van der Waals surface area contributed by atoms with E-state index < -0.39 is 0 Å². The Kier molecular flexibility index (Phi) is 3.42. The third-order valence-electron chi connectivity index (χ3n) is 3.57. The lowest BCUT2D eigenvalue weighted by molar-refractivity contribution is -0.0374. The molecule has 0 aromatic carbocycles. The van der Waals surface area contributed by atoms with Crippen molar-refractivity contribution in [2.75, 3.05) is 32.8 Å². The van der Waals surface area contributed by atoms with Crippen LogP contribution in [0, 0.1) is 5.92 Å². The molecule has 3 nitrogen and oxygen atoms in total. The van der Waals surface area contributed by atoms with Crippen molar-refractivity contribution in [2.45, 2.75) is 32.4 Å². The average molecular weight is 198 g/mol. The van der Waals surface area contributed by atoms with Crippen molar-refractivity contribution in [1.82, 2.24) is 10.2 Å². The van der Waals surface area contributed by atoms with E-state index in [0.29, 0.717) is 6.10 Å². The van der Waals surface area contributed by atoms with E-state index >= 15 is 0 Å². The molecule has 3 atom stereocenters. The first-order chi connectivity index (χ1) is 6.81. The van der Waals surface area contributed by atoms with E-state index in [9.17, 15) is 0 Å². The fourth-order valence-electron chi connectivity index (χ4n) is 2.71. The minimum Gasteiger partial charge on any atom is -0.376 e. The van der Waals surface area contributed by atoms with E-state index in [0.717, 1.165) is 31.7 Å². The zero-order valence-corrected chi connectivity index (χ0v) is 9.33. The highest BCUT2D eigenvalue weighted by Gasteiger charge is 2.32. The molecule has 0 saturated carbocycles. The molecule has 2 aliphatic heterocycles. The van der Waals surface area contributed by atoms with Crippen LogP contribution in [0.4, 0.5) is 0 Å². The first-order valence-electron chi connectivity index (χ1n) is 5.87. The Hall–Kier alpha value is -0.120. The van der Waals surface area contributed by atoms with Crippen LogP contribution in [0.1, 0.15) is 20.3 Å². The monoisotopic (exact) mass is 198 g/mol. The lowest BCUT2D eigenvalue weighted by Crippen LogP contribution is -2.49. The molecule has 0 radical (unpaired) electrons. The average Bonchev–Trinajstić information content (AvgIpc) is 2.65. The van der Waals surface area contributed by atoms with Gasteiger partial charge in [-0.1, -0.05) is 13.3 Å². The van der Waals surface area contributed by atoms with Gasteiger partial charge in [0, 0.05) is 25.7 Å². The van der Waals surface area contributed by atoms with Gasteiger partial charge in [-0.3, -0.25) is 4.90 Å². The highest BCUT2D eigenvalue weighted by atomic mass is 16.5. The maximum atomic E-state index is 5.57. The molecule has 82 valence electrons. The summed E-state index contributed by atoms with van der Waals surface area (Å²) in [5.74, 6) is 0.847. The van der Waals surface area contributed by atoms with Crippen molar-refractivity contribution < 1.29 is 4.74 Å². The highest BCUT2D eigenvalue weighted by Crippen LogP contribution is 2.21. The maximum Gasteiger partial charge on any atom is 0.0674 e. The lowest BCUT2D eigenvalue weighted by atomic mass is 9.98. The van der Waals surface area contributed by atoms with Crippen LogP contribution in [0.25, 0.3) is 0 Å². The lowest BCUT2D eigenvalue weighted by Gasteiger charge is -2.37. The first-order valence-corrected chi connectivity index (χ1v) is 5.87. The molecule has 2 aliphatic rings. The number of morpholine rings is 1. The fraction of sp³-hybridized carbons (Fsp3) is 1.00. The molecule has 0 aliphatic carbocycles. The molecule has 14 heavy (non-hydrogen) atoms. The Morgan fingerprint density at radius 2 is 2.29 bits per heavy atom. The van der Waals surface area contributed by atoms with Gasteiger partial charge in [-0.15, -0.1) is 0 Å². The van der Waals surface area contributed by atoms with Gasteiger partial charge < -0.3 is 10.1 Å². The molecule has 0 aromatic heterocycles. The van der Waals surface area contributed by atoms with Crippen LogP contribution >= 0.6 is 0 Å². The van der Waals surface area contributed by atoms with Gasteiger partial charge in [-0.05, 0) is 19.4 Å². The van der Waals surface area contributed by atoms with Gasteiger partial charge in [0.1, 0.15) is 0 Å². The van der Waals surface area contributed by atoms with Crippen molar-refractivity contribution in [1.29, 1.82) is 0 Å². The summed E-state index contributed by atoms with van der Waals surface area (Å²) in [6, 6.07) is 0.756. The first kappa shape index (κ1) is 10.4. The largest absolute Gasteiger partial charge is 0.376 e. The second-order valence-electron chi connectivity index (χ2n) is 4.57. The van der Waals surface area contributed by atoms with Crippen molar-refractivity contribution in [3.05, 3.63) is 0 Å². The zero-order chi connectivity index (χ0) is 9.97. The summed E-state index contributed by atoms with van der Waals surface area (Å²) < 4.78 is 5.57. The molecule has 3 unspecified atom stereocenters. The number of nitrogens with one attached hydrogen (secondary N) is 1. The van der Waals surface area contributed by atoms with Crippen LogP contribution in [0.15, 0.2) is 0 Å². The number of hydrogen-bond donors (Lipinski definition) is 1. The highest BCUT2D eigenvalue weighted by molar-refractivity contribution is 4.89. The Bertz CT molecular complexity index is 186. The van der Waals surface area contributed by atoms with E-state index in [-0.39, 0.29) is 0 Å². The third-order valence-corrected chi connectivity index (χ3v) is 3.57. The summed E-state index contributed by atoms with van der Waals surface area (Å²) >= 11 is 0. The van der Waals surface area contributed by atoms with Crippen LogP contribution in [-0.2, 0) is 4.74 Å². The summed E-state index contributed by atoms with van der Waals surface area (Å²) in [6.45, 7) is 9.99. The van der Waals surface area contributed by atoms with Gasteiger partial charge in [0.25, 0.3) is 0 Å². The smallest absolute Gasteiger partial charge is 0.0674 e. The molecule has 2 fully saturated rings. The SMILES string of the molecule is CCC1CNCC1N1CCOC(C)C1. The number of hydrogen-bond acceptors (Lipinski definition) is 3. The van der Waals surface area contributed by atoms with Gasteiger partial charge in [0.2, 0.25) is 0 Å². The molecule has 0 amide bonds. The maximum absolute atomic E-state index is 5.57. The Balaban J connectivity index is 1.92. The molecule has 0 spiro atoms. The van der Waals surface area contributed by atoms with E-state index in [1.165, 1.54) is 19.5 Å². The van der Waals surface area contributed by atoms with E-state index in [4.69, 9.17) is 4.74 Å². The quantitative estimate of drug-likeness (QED) is 0.707. The van der Waals surface area contributed by atoms with Crippen molar-refractivity contribution in [2.24, 2.45) is 5.92 Å². The normalized spacial score (nSPS) is 40.3. The van der Waals surface area contributed by atoms with Gasteiger partial charge >= 0.3 is 0 Å². The number of nitrogens with zero attached hydrogens (tertiary/aromatic N) is 1. The Morgan fingerprint density at radius 1 is 1.43 bits per heavy atom. The van der Waals surface area contributed by atoms with Gasteiger partial charge in [0.05, 0.1) is 12.7 Å². The van der Waals surface area contributed by atoms with Crippen LogP contribution < -0.4 is 5.32 Å². The van der Waals surface area contributed by atoms with E-state index in [2.05, 4.69) is 24.1 Å². The molecular weight excluding hydrogens is 176 g/mol. The second kappa shape index (κ2) is 4.60. The Labute approximate surface area is 86.8 Å². The van der Waals surface area contributed by atoms with Gasteiger partial charge in [0.15, 0.2) is 0 Å². The molecular formula is C11H22N2O. The second-order valence-corrected chi connectivity index (χ2v) is 4.57. The van der Waals surface area contributed by atoms with Crippen LogP contribution in [0.3, 0.4) is 0 Å². The summed E-state index contributed by atoms with van der Waals surface area (Å²) in [4.78, 5) is 2.61. The van der Waals surface area contributed by atoms with Gasteiger partial charge in [-0.2, -0.15) is 0 Å². The third kappa shape index (κ3) is 2.10. The number of ether oxygens (including phenoxy) is 1. The summed E-state index contributed by atoms with van der Waals surface area (Å²) in [7, 11) is 0. The van der Waals surface area contributed by atoms with Crippen LogP contribution in [0.2, 0.25) is 0 Å². The van der Waals surface area contributed by atoms with Crippen molar-refractivity contribution >= 4 is 0 Å². The zero-order valence-electron chi connectivity index (χ0n) is 9.33. The summed E-state index contributed by atoms with van der Waals surface area (Å²) in [5, 5.41) is 3.50. The van der Waals surface area contributed by atoms with Crippen molar-refractivity contribution in [3.8, 4) is 0 Å². The summed E-state index contributed by atoms with van der Waals surface area (Å²) in [6.07, 6.45) is 1.71. The van der Waals surface area contributed by atoms with Crippen LogP contribution in [-0.4, -0.2) is 49.8 Å². The summed E-state index contributed by atoms with van der Waals surface area (Å²) in [5.41, 5.74) is 0. The van der Waals surface area contributed by atoms with Crippen LogP contribution in [0.5, 0.6) is 0 Å². The predicted molar refractivity (Wildman–Crippen MR) is 57.4 cm³/mol. The fourth-order valence-corrected chi connectivity index (χ4v) is 2.71. The molecule has 1 N–H and O–H groups in total. The molecule has 0 aromatic rings. The van der Waals surface area contributed by atoms with Gasteiger partial charge in [-0.25, -0.2) is 0 Å². The minimum absolute atomic E-state index is 0.418. The van der Waals surface area contributed by atoms with Crippen molar-refractivity contribution in [3.63, 3.8) is 0 Å². The predicted octanol–water partition coefficient (Wildman–Crippen LogP) is 0.705. The molecule has 2 rings (SSSR count). The number of rotatable bonds is 2. The van der Waals surface area contributed by atoms with E-state index in [1.807, 2.05) is 0 Å². The minimum atomic E-state index is 0.418. The topological polar surface area (TPSA) is 24.5 Å².